The van der Waals surface area contributed by atoms with Crippen LogP contribution in [0.3, 0.4) is 0 Å². The Labute approximate surface area is 307 Å². The predicted octanol–water partition coefficient (Wildman–Crippen LogP) is 7.87. The summed E-state index contributed by atoms with van der Waals surface area (Å²) in [7, 11) is 0. The molecule has 5 rings (SSSR count). The number of rotatable bonds is 16. The molecule has 0 unspecified atom stereocenters. The third kappa shape index (κ3) is 9.70. The second-order valence-corrected chi connectivity index (χ2v) is 11.5. The Hall–Kier alpha value is -7.28. The maximum absolute atomic E-state index is 11.6. The van der Waals surface area contributed by atoms with Crippen LogP contribution < -0.4 is 20.3 Å². The Morgan fingerprint density at radius 3 is 1.45 bits per heavy atom. The second-order valence-electron chi connectivity index (χ2n) is 10.7. The maximum atomic E-state index is 11.6. The van der Waals surface area contributed by atoms with Gasteiger partial charge < -0.3 is 9.47 Å². The molecule has 0 aliphatic carbocycles. The summed E-state index contributed by atoms with van der Waals surface area (Å²) in [6.45, 7) is -0.248. The van der Waals surface area contributed by atoms with Crippen molar-refractivity contribution in [2.24, 2.45) is 10.2 Å². The molecule has 0 aromatic heterocycles. The summed E-state index contributed by atoms with van der Waals surface area (Å²) in [6, 6.07) is 28.9. The fraction of sp³-hybridized carbons (Fsp3) is 0.0588. The zero-order valence-corrected chi connectivity index (χ0v) is 28.6. The quantitative estimate of drug-likeness (QED) is 0.0552. The Bertz CT molecular complexity index is 2240. The SMILES string of the molecule is O=[N+]([O-])c1ccc(N/N=C(/COc2ccc(Br)c(OC/C(=N/Nc3ccc([N+](=O)[O-])cc3[N+](=O)[O-])c3ccccc3)c2)c2ccccc2)c([N+](=O)[O-])c1. The number of anilines is 2. The first-order valence-corrected chi connectivity index (χ1v) is 16.0. The standard InChI is InChI=1S/C34H25BrN8O10/c35-27-14-13-26(52-20-30(22-7-3-1-4-8-22)38-36-28-15-11-24(40(44)45)17-32(28)42(48)49)19-34(27)53-21-31(23-9-5-2-6-10-23)39-37-29-16-12-25(41(46)47)18-33(29)43(50)51/h1-19,36-37H,20-21H2/b38-30-,39-31-. The number of non-ortho nitro benzene ring substituents is 2. The van der Waals surface area contributed by atoms with E-state index in [-0.39, 0.29) is 24.6 Å². The van der Waals surface area contributed by atoms with Crippen molar-refractivity contribution >= 4 is 61.5 Å². The highest BCUT2D eigenvalue weighted by Crippen LogP contribution is 2.32. The molecule has 5 aromatic rings. The van der Waals surface area contributed by atoms with Gasteiger partial charge in [-0.3, -0.25) is 51.3 Å². The Kier molecular flexibility index (Phi) is 11.9. The number of halogens is 1. The van der Waals surface area contributed by atoms with E-state index in [9.17, 15) is 40.5 Å². The third-order valence-electron chi connectivity index (χ3n) is 7.26. The fourth-order valence-corrected chi connectivity index (χ4v) is 4.98. The highest BCUT2D eigenvalue weighted by atomic mass is 79.9. The van der Waals surface area contributed by atoms with Gasteiger partial charge in [0.2, 0.25) is 0 Å². The van der Waals surface area contributed by atoms with Crippen LogP contribution in [0.2, 0.25) is 0 Å². The Morgan fingerprint density at radius 2 is 1.02 bits per heavy atom. The topological polar surface area (TPSA) is 240 Å². The molecular weight excluding hydrogens is 760 g/mol. The summed E-state index contributed by atoms with van der Waals surface area (Å²) in [5.41, 5.74) is 5.08. The van der Waals surface area contributed by atoms with Gasteiger partial charge in [-0.1, -0.05) is 60.7 Å². The normalized spacial score (nSPS) is 11.3. The monoisotopic (exact) mass is 784 g/mol. The van der Waals surface area contributed by atoms with E-state index in [1.54, 1.807) is 78.9 Å². The van der Waals surface area contributed by atoms with Gasteiger partial charge in [-0.25, -0.2) is 0 Å². The van der Waals surface area contributed by atoms with Crippen molar-refractivity contribution in [2.75, 3.05) is 24.1 Å². The number of hydrogen-bond donors (Lipinski definition) is 2. The Morgan fingerprint density at radius 1 is 0.566 bits per heavy atom. The van der Waals surface area contributed by atoms with Crippen LogP contribution in [-0.2, 0) is 0 Å². The summed E-state index contributed by atoms with van der Waals surface area (Å²) in [5.74, 6) is 0.691. The summed E-state index contributed by atoms with van der Waals surface area (Å²) in [4.78, 5) is 42.6. The van der Waals surface area contributed by atoms with Gasteiger partial charge in [0.1, 0.15) is 47.5 Å². The van der Waals surface area contributed by atoms with Crippen LogP contribution in [0.25, 0.3) is 0 Å². The van der Waals surface area contributed by atoms with E-state index in [1.165, 1.54) is 12.1 Å². The van der Waals surface area contributed by atoms with Crippen LogP contribution >= 0.6 is 15.9 Å². The van der Waals surface area contributed by atoms with Gasteiger partial charge >= 0.3 is 11.4 Å². The number of benzene rings is 5. The molecule has 0 radical (unpaired) electrons. The van der Waals surface area contributed by atoms with Gasteiger partial charge in [0, 0.05) is 29.3 Å². The van der Waals surface area contributed by atoms with Crippen LogP contribution in [0, 0.1) is 40.5 Å². The molecule has 268 valence electrons. The highest BCUT2D eigenvalue weighted by Gasteiger charge is 2.21. The average Bonchev–Trinajstić information content (AvgIpc) is 3.16. The van der Waals surface area contributed by atoms with Crippen molar-refractivity contribution in [3.8, 4) is 11.5 Å². The van der Waals surface area contributed by atoms with Gasteiger partial charge in [-0.15, -0.1) is 0 Å². The second kappa shape index (κ2) is 17.1. The first kappa shape index (κ1) is 37.0. The van der Waals surface area contributed by atoms with E-state index in [1.807, 2.05) is 0 Å². The van der Waals surface area contributed by atoms with Gasteiger partial charge in [0.15, 0.2) is 0 Å². The van der Waals surface area contributed by atoms with Crippen molar-refractivity contribution in [1.29, 1.82) is 0 Å². The van der Waals surface area contributed by atoms with Crippen molar-refractivity contribution in [3.63, 3.8) is 0 Å². The molecule has 0 aliphatic rings. The van der Waals surface area contributed by atoms with Crippen LogP contribution in [0.5, 0.6) is 11.5 Å². The summed E-state index contributed by atoms with van der Waals surface area (Å²) in [6.07, 6.45) is 0. The molecule has 0 bridgehead atoms. The number of hydrogen-bond acceptors (Lipinski definition) is 14. The molecule has 0 saturated carbocycles. The number of nitrogens with zero attached hydrogens (tertiary/aromatic N) is 6. The number of nitro groups is 4. The van der Waals surface area contributed by atoms with Crippen LogP contribution in [0.1, 0.15) is 11.1 Å². The van der Waals surface area contributed by atoms with Gasteiger partial charge in [0.05, 0.1) is 36.3 Å². The molecule has 0 heterocycles. The van der Waals surface area contributed by atoms with E-state index < -0.39 is 42.4 Å². The molecule has 0 atom stereocenters. The molecule has 18 nitrogen and oxygen atoms in total. The highest BCUT2D eigenvalue weighted by molar-refractivity contribution is 9.10. The van der Waals surface area contributed by atoms with Crippen molar-refractivity contribution < 1.29 is 29.2 Å². The smallest absolute Gasteiger partial charge is 0.301 e. The van der Waals surface area contributed by atoms with E-state index in [0.717, 1.165) is 24.3 Å². The summed E-state index contributed by atoms with van der Waals surface area (Å²) in [5, 5.41) is 54.2. The first-order chi connectivity index (χ1) is 25.5. The number of nitro benzene ring substituents is 4. The number of hydrazone groups is 2. The van der Waals surface area contributed by atoms with Crippen molar-refractivity contribution in [1.82, 2.24) is 0 Å². The molecule has 53 heavy (non-hydrogen) atoms. The first-order valence-electron chi connectivity index (χ1n) is 15.2. The lowest BCUT2D eigenvalue weighted by atomic mass is 10.1. The van der Waals surface area contributed by atoms with E-state index in [2.05, 4.69) is 37.0 Å². The average molecular weight is 786 g/mol. The van der Waals surface area contributed by atoms with Crippen molar-refractivity contribution in [3.05, 3.63) is 171 Å². The van der Waals surface area contributed by atoms with E-state index >= 15 is 0 Å². The Balaban J connectivity index is 1.36. The van der Waals surface area contributed by atoms with Crippen molar-refractivity contribution in [2.45, 2.75) is 0 Å². The molecular formula is C34H25BrN8O10. The molecule has 0 saturated heterocycles. The molecule has 2 N–H and O–H groups in total. The van der Waals surface area contributed by atoms with Crippen LogP contribution in [0.15, 0.2) is 130 Å². The molecule has 0 aliphatic heterocycles. The molecule has 0 spiro atoms. The summed E-state index contributed by atoms with van der Waals surface area (Å²) >= 11 is 3.46. The molecule has 0 fully saturated rings. The minimum absolute atomic E-state index is 0.0677. The maximum Gasteiger partial charge on any atom is 0.301 e. The van der Waals surface area contributed by atoms with Gasteiger partial charge in [0.25, 0.3) is 11.4 Å². The molecule has 19 heteroatoms. The zero-order valence-electron chi connectivity index (χ0n) is 27.0. The third-order valence-corrected chi connectivity index (χ3v) is 7.91. The van der Waals surface area contributed by atoms with Gasteiger partial charge in [-0.2, -0.15) is 10.2 Å². The van der Waals surface area contributed by atoms with E-state index in [0.29, 0.717) is 38.5 Å². The van der Waals surface area contributed by atoms with Crippen LogP contribution in [-0.4, -0.2) is 44.3 Å². The van der Waals surface area contributed by atoms with Gasteiger partial charge in [-0.05, 0) is 40.2 Å². The lowest BCUT2D eigenvalue weighted by molar-refractivity contribution is -0.393. The zero-order chi connectivity index (χ0) is 37.9. The predicted molar refractivity (Wildman–Crippen MR) is 198 cm³/mol. The van der Waals surface area contributed by atoms with E-state index in [4.69, 9.17) is 9.47 Å². The molecule has 5 aromatic carbocycles. The number of nitrogens with one attached hydrogen (secondary N) is 2. The molecule has 0 amide bonds. The minimum Gasteiger partial charge on any atom is -0.487 e. The van der Waals surface area contributed by atoms with Crippen LogP contribution in [0.4, 0.5) is 34.1 Å². The minimum atomic E-state index is -0.754. The fourth-order valence-electron chi connectivity index (χ4n) is 4.62. The lowest BCUT2D eigenvalue weighted by Crippen LogP contribution is -2.16. The summed E-state index contributed by atoms with van der Waals surface area (Å²) < 4.78 is 12.7. The lowest BCUT2D eigenvalue weighted by Gasteiger charge is -2.14. The number of ether oxygens (including phenoxy) is 2. The largest absolute Gasteiger partial charge is 0.487 e.